The number of amides is 1. The maximum absolute atomic E-state index is 12.3. The molecule has 1 aliphatic heterocycles. The van der Waals surface area contributed by atoms with E-state index < -0.39 is 11.2 Å². The van der Waals surface area contributed by atoms with Crippen molar-refractivity contribution in [3.8, 4) is 0 Å². The number of nitrogens with one attached hydrogen (secondary N) is 1. The molecule has 0 spiro atoms. The topological polar surface area (TPSA) is 58.1 Å². The molecule has 0 aliphatic carbocycles. The van der Waals surface area contributed by atoms with E-state index in [1.807, 2.05) is 4.90 Å². The summed E-state index contributed by atoms with van der Waals surface area (Å²) in [6.07, 6.45) is -1.27. The molecule has 1 N–H and O–H groups in total. The van der Waals surface area contributed by atoms with Crippen molar-refractivity contribution in [2.24, 2.45) is 0 Å². The minimum atomic E-state index is -4.52. The van der Waals surface area contributed by atoms with Crippen LogP contribution in [0.25, 0.3) is 0 Å². The Kier molecular flexibility index (Phi) is 4.35. The normalized spacial score (nSPS) is 17.4. The Morgan fingerprint density at radius 3 is 2.53 bits per heavy atom. The molecule has 1 amide bonds. The molecular formula is C10H13F3N4OS. The van der Waals surface area contributed by atoms with E-state index in [0.717, 1.165) is 32.4 Å². The highest BCUT2D eigenvalue weighted by Crippen LogP contribution is 2.32. The van der Waals surface area contributed by atoms with Crippen LogP contribution in [0.15, 0.2) is 0 Å². The molecule has 19 heavy (non-hydrogen) atoms. The maximum atomic E-state index is 12.3. The van der Waals surface area contributed by atoms with Gasteiger partial charge in [0.2, 0.25) is 16.0 Å². The predicted molar refractivity (Wildman–Crippen MR) is 63.8 cm³/mol. The molecule has 9 heteroatoms. The highest BCUT2D eigenvalue weighted by Gasteiger charge is 2.35. The van der Waals surface area contributed by atoms with Gasteiger partial charge in [-0.2, -0.15) is 13.2 Å². The first-order chi connectivity index (χ1) is 8.95. The summed E-state index contributed by atoms with van der Waals surface area (Å²) in [6.45, 7) is 1.87. The average molecular weight is 294 g/mol. The second-order valence-electron chi connectivity index (χ2n) is 4.30. The second kappa shape index (κ2) is 5.83. The Bertz CT molecular complexity index is 442. The lowest BCUT2D eigenvalue weighted by Crippen LogP contribution is -2.36. The minimum Gasteiger partial charge on any atom is -0.299 e. The van der Waals surface area contributed by atoms with Crippen molar-refractivity contribution in [2.75, 3.05) is 25.0 Å². The summed E-state index contributed by atoms with van der Waals surface area (Å²) in [6, 6.07) is 0. The van der Waals surface area contributed by atoms with E-state index in [1.54, 1.807) is 0 Å². The molecule has 0 radical (unpaired) electrons. The highest BCUT2D eigenvalue weighted by atomic mass is 32.1. The van der Waals surface area contributed by atoms with Crippen LogP contribution in [0.1, 0.15) is 24.3 Å². The van der Waals surface area contributed by atoms with Crippen LogP contribution in [-0.4, -0.2) is 40.6 Å². The SMILES string of the molecule is O=C(CN1CCCCC1)Nc1nnc(C(F)(F)F)s1. The van der Waals surface area contributed by atoms with Crippen LogP contribution in [-0.2, 0) is 11.0 Å². The number of aromatic nitrogens is 2. The van der Waals surface area contributed by atoms with Gasteiger partial charge in [0.15, 0.2) is 0 Å². The van der Waals surface area contributed by atoms with E-state index in [0.29, 0.717) is 11.3 Å². The molecule has 0 aromatic carbocycles. The number of carbonyl (C=O) groups is 1. The van der Waals surface area contributed by atoms with Gasteiger partial charge in [0, 0.05) is 0 Å². The Morgan fingerprint density at radius 2 is 1.95 bits per heavy atom. The standard InChI is InChI=1S/C10H13F3N4OS/c11-10(12,13)8-15-16-9(19-8)14-7(18)6-17-4-2-1-3-5-17/h1-6H2,(H,14,16,18). The smallest absolute Gasteiger partial charge is 0.299 e. The third-order valence-electron chi connectivity index (χ3n) is 2.73. The van der Waals surface area contributed by atoms with Gasteiger partial charge in [-0.3, -0.25) is 15.0 Å². The summed E-state index contributed by atoms with van der Waals surface area (Å²) in [5.74, 6) is -0.355. The molecule has 106 valence electrons. The molecular weight excluding hydrogens is 281 g/mol. The van der Waals surface area contributed by atoms with Gasteiger partial charge >= 0.3 is 6.18 Å². The van der Waals surface area contributed by atoms with Crippen molar-refractivity contribution < 1.29 is 18.0 Å². The molecule has 2 rings (SSSR count). The van der Waals surface area contributed by atoms with Crippen LogP contribution in [0.5, 0.6) is 0 Å². The lowest BCUT2D eigenvalue weighted by Gasteiger charge is -2.25. The summed E-state index contributed by atoms with van der Waals surface area (Å²) in [4.78, 5) is 13.6. The van der Waals surface area contributed by atoms with Crippen LogP contribution >= 0.6 is 11.3 Å². The number of halogens is 3. The zero-order valence-corrected chi connectivity index (χ0v) is 10.9. The number of hydrogen-bond acceptors (Lipinski definition) is 5. The maximum Gasteiger partial charge on any atom is 0.445 e. The summed E-state index contributed by atoms with van der Waals surface area (Å²) >= 11 is 0.332. The number of piperidine rings is 1. The van der Waals surface area contributed by atoms with Crippen molar-refractivity contribution in [3.05, 3.63) is 5.01 Å². The molecule has 1 aromatic heterocycles. The van der Waals surface area contributed by atoms with E-state index in [2.05, 4.69) is 15.5 Å². The number of hydrogen-bond donors (Lipinski definition) is 1. The zero-order chi connectivity index (χ0) is 13.9. The number of alkyl halides is 3. The fraction of sp³-hybridized carbons (Fsp3) is 0.700. The van der Waals surface area contributed by atoms with E-state index >= 15 is 0 Å². The van der Waals surface area contributed by atoms with Crippen molar-refractivity contribution in [3.63, 3.8) is 0 Å². The number of likely N-dealkylation sites (tertiary alicyclic amines) is 1. The van der Waals surface area contributed by atoms with Crippen LogP contribution < -0.4 is 5.32 Å². The Morgan fingerprint density at radius 1 is 1.26 bits per heavy atom. The van der Waals surface area contributed by atoms with E-state index in [4.69, 9.17) is 0 Å². The van der Waals surface area contributed by atoms with Crippen LogP contribution in [0, 0.1) is 0 Å². The Balaban J connectivity index is 1.86. The minimum absolute atomic E-state index is 0.116. The molecule has 0 saturated carbocycles. The van der Waals surface area contributed by atoms with Crippen molar-refractivity contribution in [1.29, 1.82) is 0 Å². The largest absolute Gasteiger partial charge is 0.445 e. The third-order valence-corrected chi connectivity index (χ3v) is 3.61. The monoisotopic (exact) mass is 294 g/mol. The van der Waals surface area contributed by atoms with Gasteiger partial charge in [-0.25, -0.2) is 0 Å². The predicted octanol–water partition coefficient (Wildman–Crippen LogP) is 1.98. The second-order valence-corrected chi connectivity index (χ2v) is 5.27. The highest BCUT2D eigenvalue weighted by molar-refractivity contribution is 7.15. The van der Waals surface area contributed by atoms with Gasteiger partial charge in [0.25, 0.3) is 0 Å². The summed E-state index contributed by atoms with van der Waals surface area (Å²) in [7, 11) is 0. The van der Waals surface area contributed by atoms with Crippen molar-refractivity contribution in [2.45, 2.75) is 25.4 Å². The summed E-state index contributed by atoms with van der Waals surface area (Å²) < 4.78 is 36.9. The van der Waals surface area contributed by atoms with Crippen molar-refractivity contribution >= 4 is 22.4 Å². The number of rotatable bonds is 3. The number of nitrogens with zero attached hydrogens (tertiary/aromatic N) is 3. The first-order valence-electron chi connectivity index (χ1n) is 5.88. The zero-order valence-electron chi connectivity index (χ0n) is 10.0. The lowest BCUT2D eigenvalue weighted by molar-refractivity contribution is -0.138. The van der Waals surface area contributed by atoms with E-state index in [-0.39, 0.29) is 17.6 Å². The van der Waals surface area contributed by atoms with Gasteiger partial charge < -0.3 is 0 Å². The van der Waals surface area contributed by atoms with Gasteiger partial charge in [0.1, 0.15) is 0 Å². The third kappa shape index (κ3) is 4.13. The molecule has 1 saturated heterocycles. The Hall–Kier alpha value is -1.22. The average Bonchev–Trinajstić information content (AvgIpc) is 2.78. The quantitative estimate of drug-likeness (QED) is 0.926. The number of anilines is 1. The van der Waals surface area contributed by atoms with Gasteiger partial charge in [-0.05, 0) is 25.9 Å². The van der Waals surface area contributed by atoms with Gasteiger partial charge in [0.05, 0.1) is 6.54 Å². The fourth-order valence-electron chi connectivity index (χ4n) is 1.87. The van der Waals surface area contributed by atoms with Gasteiger partial charge in [-0.1, -0.05) is 17.8 Å². The van der Waals surface area contributed by atoms with E-state index in [9.17, 15) is 18.0 Å². The summed E-state index contributed by atoms with van der Waals surface area (Å²) in [5.41, 5.74) is 0. The molecule has 1 aliphatic rings. The summed E-state index contributed by atoms with van der Waals surface area (Å²) in [5, 5.41) is 7.49. The first kappa shape index (κ1) is 14.2. The van der Waals surface area contributed by atoms with Gasteiger partial charge in [-0.15, -0.1) is 10.2 Å². The van der Waals surface area contributed by atoms with Crippen LogP contribution in [0.4, 0.5) is 18.3 Å². The molecule has 0 unspecified atom stereocenters. The van der Waals surface area contributed by atoms with Crippen molar-refractivity contribution in [1.82, 2.24) is 15.1 Å². The first-order valence-corrected chi connectivity index (χ1v) is 6.70. The lowest BCUT2D eigenvalue weighted by atomic mass is 10.1. The molecule has 0 atom stereocenters. The fourth-order valence-corrected chi connectivity index (χ4v) is 2.49. The van der Waals surface area contributed by atoms with Crippen LogP contribution in [0.3, 0.4) is 0 Å². The van der Waals surface area contributed by atoms with E-state index in [1.165, 1.54) is 0 Å². The molecule has 5 nitrogen and oxygen atoms in total. The molecule has 2 heterocycles. The number of carbonyl (C=O) groups excluding carboxylic acids is 1. The Labute approximate surface area is 111 Å². The molecule has 1 aromatic rings. The molecule has 0 bridgehead atoms. The molecule has 1 fully saturated rings. The van der Waals surface area contributed by atoms with Crippen LogP contribution in [0.2, 0.25) is 0 Å².